The summed E-state index contributed by atoms with van der Waals surface area (Å²) < 4.78 is 2.13. The van der Waals surface area contributed by atoms with Crippen LogP contribution in [-0.4, -0.2) is 33.8 Å². The summed E-state index contributed by atoms with van der Waals surface area (Å²) in [5.74, 6) is 0.167. The van der Waals surface area contributed by atoms with Crippen LogP contribution in [-0.2, 0) is 11.3 Å². The second-order valence-electron chi connectivity index (χ2n) is 5.40. The Morgan fingerprint density at radius 1 is 1.29 bits per heavy atom. The fraction of sp³-hybridized carbons (Fsp3) is 0.643. The SMILES string of the molecule is CNC(=O)NC(=O)[C@@H](C)Sc1nc(C)c(C)n1CC(C)C. The van der Waals surface area contributed by atoms with Crippen molar-refractivity contribution in [3.63, 3.8) is 0 Å². The number of nitrogens with zero attached hydrogens (tertiary/aromatic N) is 2. The number of hydrogen-bond donors (Lipinski definition) is 2. The number of rotatable bonds is 5. The largest absolute Gasteiger partial charge is 0.341 e. The van der Waals surface area contributed by atoms with Crippen LogP contribution < -0.4 is 10.6 Å². The van der Waals surface area contributed by atoms with Crippen molar-refractivity contribution in [2.45, 2.75) is 51.6 Å². The molecule has 7 heteroatoms. The molecule has 1 atom stereocenters. The van der Waals surface area contributed by atoms with E-state index in [1.807, 2.05) is 13.8 Å². The van der Waals surface area contributed by atoms with E-state index in [0.29, 0.717) is 5.92 Å². The number of thioether (sulfide) groups is 1. The molecule has 0 saturated heterocycles. The maximum atomic E-state index is 11.9. The maximum Gasteiger partial charge on any atom is 0.321 e. The smallest absolute Gasteiger partial charge is 0.321 e. The molecule has 118 valence electrons. The van der Waals surface area contributed by atoms with Gasteiger partial charge in [-0.05, 0) is 26.7 Å². The van der Waals surface area contributed by atoms with E-state index < -0.39 is 11.3 Å². The summed E-state index contributed by atoms with van der Waals surface area (Å²) in [6.07, 6.45) is 0. The molecule has 0 aliphatic heterocycles. The van der Waals surface area contributed by atoms with Crippen molar-refractivity contribution in [1.82, 2.24) is 20.2 Å². The fourth-order valence-electron chi connectivity index (χ4n) is 1.78. The van der Waals surface area contributed by atoms with E-state index in [1.165, 1.54) is 18.8 Å². The van der Waals surface area contributed by atoms with Crippen LogP contribution in [0.1, 0.15) is 32.2 Å². The third-order valence-electron chi connectivity index (χ3n) is 3.09. The summed E-state index contributed by atoms with van der Waals surface area (Å²) in [6, 6.07) is -0.495. The predicted octanol–water partition coefficient (Wildman–Crippen LogP) is 2.09. The summed E-state index contributed by atoms with van der Waals surface area (Å²) in [5.41, 5.74) is 2.09. The average molecular weight is 312 g/mol. The van der Waals surface area contributed by atoms with E-state index in [-0.39, 0.29) is 5.91 Å². The first-order valence-corrected chi connectivity index (χ1v) is 7.87. The number of imidazole rings is 1. The van der Waals surface area contributed by atoms with Gasteiger partial charge in [0.25, 0.3) is 0 Å². The van der Waals surface area contributed by atoms with Gasteiger partial charge < -0.3 is 9.88 Å². The molecule has 0 spiro atoms. The maximum absolute atomic E-state index is 11.9. The molecular formula is C14H24N4O2S. The van der Waals surface area contributed by atoms with Crippen LogP contribution in [0.15, 0.2) is 5.16 Å². The van der Waals surface area contributed by atoms with Crippen molar-refractivity contribution < 1.29 is 9.59 Å². The van der Waals surface area contributed by atoms with Crippen molar-refractivity contribution in [1.29, 1.82) is 0 Å². The standard InChI is InChI=1S/C14H24N4O2S/c1-8(2)7-18-10(4)9(3)16-14(18)21-11(5)12(19)17-13(20)15-6/h8,11H,7H2,1-6H3,(H2,15,17,19,20)/t11-/m1/s1. The molecule has 6 nitrogen and oxygen atoms in total. The lowest BCUT2D eigenvalue weighted by atomic mass is 10.2. The Hall–Kier alpha value is -1.50. The van der Waals surface area contributed by atoms with Crippen LogP contribution in [0.5, 0.6) is 0 Å². The number of carbonyl (C=O) groups excluding carboxylic acids is 2. The zero-order chi connectivity index (χ0) is 16.2. The van der Waals surface area contributed by atoms with E-state index in [0.717, 1.165) is 23.1 Å². The highest BCUT2D eigenvalue weighted by Crippen LogP contribution is 2.26. The van der Waals surface area contributed by atoms with E-state index in [9.17, 15) is 9.59 Å². The van der Waals surface area contributed by atoms with Crippen molar-refractivity contribution in [2.75, 3.05) is 7.05 Å². The minimum absolute atomic E-state index is 0.325. The summed E-state index contributed by atoms with van der Waals surface area (Å²) in [4.78, 5) is 27.6. The van der Waals surface area contributed by atoms with Crippen LogP contribution in [0.2, 0.25) is 0 Å². The first kappa shape index (κ1) is 17.6. The van der Waals surface area contributed by atoms with Gasteiger partial charge in [0.1, 0.15) is 0 Å². The zero-order valence-corrected chi connectivity index (χ0v) is 14.3. The normalized spacial score (nSPS) is 12.3. The molecule has 0 bridgehead atoms. The second-order valence-corrected chi connectivity index (χ2v) is 6.71. The molecule has 0 aliphatic carbocycles. The average Bonchev–Trinajstić information content (AvgIpc) is 2.65. The molecule has 1 heterocycles. The Bertz CT molecular complexity index is 525. The molecule has 1 aromatic heterocycles. The molecule has 0 unspecified atom stereocenters. The van der Waals surface area contributed by atoms with Gasteiger partial charge >= 0.3 is 6.03 Å². The molecule has 0 radical (unpaired) electrons. The summed E-state index contributed by atoms with van der Waals surface area (Å²) in [5, 5.41) is 5.07. The van der Waals surface area contributed by atoms with Gasteiger partial charge in [0.2, 0.25) is 5.91 Å². The number of carbonyl (C=O) groups is 2. The van der Waals surface area contributed by atoms with Gasteiger partial charge in [0.15, 0.2) is 5.16 Å². The van der Waals surface area contributed by atoms with Gasteiger partial charge in [-0.25, -0.2) is 9.78 Å². The third-order valence-corrected chi connectivity index (χ3v) is 4.18. The van der Waals surface area contributed by atoms with E-state index in [4.69, 9.17) is 0 Å². The van der Waals surface area contributed by atoms with Crippen molar-refractivity contribution in [2.24, 2.45) is 5.92 Å². The van der Waals surface area contributed by atoms with Gasteiger partial charge in [-0.2, -0.15) is 0 Å². The first-order chi connectivity index (χ1) is 9.76. The van der Waals surface area contributed by atoms with Crippen LogP contribution in [0, 0.1) is 19.8 Å². The molecule has 3 amide bonds. The summed E-state index contributed by atoms with van der Waals surface area (Å²) >= 11 is 1.37. The number of imide groups is 1. The molecule has 0 fully saturated rings. The highest BCUT2D eigenvalue weighted by atomic mass is 32.2. The highest BCUT2D eigenvalue weighted by molar-refractivity contribution is 8.00. The van der Waals surface area contributed by atoms with Crippen LogP contribution in [0.25, 0.3) is 0 Å². The summed E-state index contributed by atoms with van der Waals surface area (Å²) in [6.45, 7) is 10.9. The van der Waals surface area contributed by atoms with Gasteiger partial charge in [0.05, 0.1) is 10.9 Å². The monoisotopic (exact) mass is 312 g/mol. The minimum atomic E-state index is -0.495. The second kappa shape index (κ2) is 7.49. The minimum Gasteiger partial charge on any atom is -0.341 e. The van der Waals surface area contributed by atoms with Crippen molar-refractivity contribution in [3.05, 3.63) is 11.4 Å². The van der Waals surface area contributed by atoms with Crippen molar-refractivity contribution in [3.8, 4) is 0 Å². The number of amides is 3. The Morgan fingerprint density at radius 2 is 1.90 bits per heavy atom. The fourth-order valence-corrected chi connectivity index (χ4v) is 2.79. The quantitative estimate of drug-likeness (QED) is 0.816. The number of nitrogens with one attached hydrogen (secondary N) is 2. The van der Waals surface area contributed by atoms with E-state index in [2.05, 4.69) is 34.0 Å². The van der Waals surface area contributed by atoms with E-state index >= 15 is 0 Å². The van der Waals surface area contributed by atoms with Gasteiger partial charge in [-0.15, -0.1) is 0 Å². The summed E-state index contributed by atoms with van der Waals surface area (Å²) in [7, 11) is 1.47. The lowest BCUT2D eigenvalue weighted by molar-refractivity contribution is -0.119. The third kappa shape index (κ3) is 4.77. The van der Waals surface area contributed by atoms with Crippen LogP contribution in [0.4, 0.5) is 4.79 Å². The number of urea groups is 1. The van der Waals surface area contributed by atoms with Crippen LogP contribution in [0.3, 0.4) is 0 Å². The van der Waals surface area contributed by atoms with Gasteiger partial charge in [-0.1, -0.05) is 25.6 Å². The topological polar surface area (TPSA) is 76.0 Å². The molecule has 1 rings (SSSR count). The van der Waals surface area contributed by atoms with Gasteiger partial charge in [0, 0.05) is 19.3 Å². The molecule has 2 N–H and O–H groups in total. The zero-order valence-electron chi connectivity index (χ0n) is 13.5. The molecule has 0 aliphatic rings. The van der Waals surface area contributed by atoms with E-state index in [1.54, 1.807) is 6.92 Å². The Kier molecular flexibility index (Phi) is 6.26. The van der Waals surface area contributed by atoms with Crippen molar-refractivity contribution >= 4 is 23.7 Å². The predicted molar refractivity (Wildman–Crippen MR) is 84.5 cm³/mol. The van der Waals surface area contributed by atoms with Gasteiger partial charge in [-0.3, -0.25) is 10.1 Å². The molecular weight excluding hydrogens is 288 g/mol. The number of hydrogen-bond acceptors (Lipinski definition) is 4. The highest BCUT2D eigenvalue weighted by Gasteiger charge is 2.21. The first-order valence-electron chi connectivity index (χ1n) is 6.99. The lowest BCUT2D eigenvalue weighted by Gasteiger charge is -2.15. The number of aryl methyl sites for hydroxylation is 1. The number of aromatic nitrogens is 2. The molecule has 0 aromatic carbocycles. The Morgan fingerprint density at radius 3 is 2.43 bits per heavy atom. The molecule has 0 saturated carbocycles. The molecule has 1 aromatic rings. The molecule has 21 heavy (non-hydrogen) atoms. The van der Waals surface area contributed by atoms with Crippen LogP contribution >= 0.6 is 11.8 Å². The lowest BCUT2D eigenvalue weighted by Crippen LogP contribution is -2.41. The Labute approximate surface area is 130 Å². The Balaban J connectivity index is 2.84.